The maximum Gasteiger partial charge on any atom is 0.158 e. The molecule has 17 heavy (non-hydrogen) atoms. The highest BCUT2D eigenvalue weighted by molar-refractivity contribution is 4.91. The van der Waals surface area contributed by atoms with Gasteiger partial charge in [-0.1, -0.05) is 0 Å². The van der Waals surface area contributed by atoms with Gasteiger partial charge in [0.1, 0.15) is 12.9 Å². The molecule has 1 aliphatic rings. The number of rotatable bonds is 2. The van der Waals surface area contributed by atoms with Crippen molar-refractivity contribution >= 4 is 0 Å². The largest absolute Gasteiger partial charge is 0.388 e. The fourth-order valence-electron chi connectivity index (χ4n) is 2.50. The molecular formula is C12H22N4O. The van der Waals surface area contributed by atoms with Crippen LogP contribution in [0.3, 0.4) is 0 Å². The minimum Gasteiger partial charge on any atom is -0.388 e. The highest BCUT2D eigenvalue weighted by Crippen LogP contribution is 2.27. The first kappa shape index (κ1) is 12.5. The zero-order chi connectivity index (χ0) is 12.5. The number of aliphatic hydroxyl groups excluding tert-OH is 1. The van der Waals surface area contributed by atoms with Crippen LogP contribution in [0.2, 0.25) is 0 Å². The number of piperidine rings is 1. The highest BCUT2D eigenvalue weighted by Gasteiger charge is 2.28. The first-order valence-corrected chi connectivity index (χ1v) is 6.26. The van der Waals surface area contributed by atoms with Gasteiger partial charge >= 0.3 is 0 Å². The second-order valence-corrected chi connectivity index (χ2v) is 5.70. The molecule has 1 saturated heterocycles. The molecule has 1 aliphatic heterocycles. The van der Waals surface area contributed by atoms with E-state index in [0.717, 1.165) is 25.9 Å². The molecule has 1 aromatic rings. The number of nitrogens with zero attached hydrogens (tertiary/aromatic N) is 4. The van der Waals surface area contributed by atoms with Gasteiger partial charge in [0.25, 0.3) is 0 Å². The van der Waals surface area contributed by atoms with E-state index in [1.54, 1.807) is 6.33 Å². The van der Waals surface area contributed by atoms with Crippen LogP contribution in [0.5, 0.6) is 0 Å². The smallest absolute Gasteiger partial charge is 0.158 e. The van der Waals surface area contributed by atoms with Crippen molar-refractivity contribution in [1.82, 2.24) is 19.7 Å². The Balaban J connectivity index is 2.00. The summed E-state index contributed by atoms with van der Waals surface area (Å²) in [6, 6.07) is 0.436. The highest BCUT2D eigenvalue weighted by atomic mass is 16.3. The molecule has 0 bridgehead atoms. The SMILES string of the molecule is CC(C)(C)N1CCC(n2cnnc2CO)CC1. The van der Waals surface area contributed by atoms with Gasteiger partial charge in [0, 0.05) is 24.7 Å². The Bertz CT molecular complexity index is 361. The molecule has 0 spiro atoms. The molecule has 96 valence electrons. The van der Waals surface area contributed by atoms with E-state index in [4.69, 9.17) is 0 Å². The summed E-state index contributed by atoms with van der Waals surface area (Å²) >= 11 is 0. The predicted octanol–water partition coefficient (Wildman–Crippen LogP) is 1.21. The normalized spacial score (nSPS) is 19.8. The Kier molecular flexibility index (Phi) is 3.49. The maximum atomic E-state index is 9.19. The van der Waals surface area contributed by atoms with Crippen molar-refractivity contribution in [3.63, 3.8) is 0 Å². The molecule has 0 saturated carbocycles. The van der Waals surface area contributed by atoms with Crippen LogP contribution in [-0.2, 0) is 6.61 Å². The van der Waals surface area contributed by atoms with Crippen LogP contribution in [0.15, 0.2) is 6.33 Å². The van der Waals surface area contributed by atoms with E-state index in [-0.39, 0.29) is 12.1 Å². The standard InChI is InChI=1S/C12H22N4O/c1-12(2,3)15-6-4-10(5-7-15)16-9-13-14-11(16)8-17/h9-10,17H,4-8H2,1-3H3. The molecule has 2 rings (SSSR count). The van der Waals surface area contributed by atoms with Gasteiger partial charge in [-0.3, -0.25) is 4.90 Å². The van der Waals surface area contributed by atoms with Crippen LogP contribution < -0.4 is 0 Å². The number of hydrogen-bond donors (Lipinski definition) is 1. The van der Waals surface area contributed by atoms with E-state index < -0.39 is 0 Å². The first-order valence-electron chi connectivity index (χ1n) is 6.26. The van der Waals surface area contributed by atoms with Gasteiger partial charge in [0.15, 0.2) is 5.82 Å². The Labute approximate surface area is 102 Å². The molecule has 2 heterocycles. The lowest BCUT2D eigenvalue weighted by Crippen LogP contribution is -2.46. The third kappa shape index (κ3) is 2.66. The van der Waals surface area contributed by atoms with Gasteiger partial charge in [0.05, 0.1) is 0 Å². The van der Waals surface area contributed by atoms with Gasteiger partial charge in [-0.25, -0.2) is 0 Å². The van der Waals surface area contributed by atoms with Crippen LogP contribution in [0.25, 0.3) is 0 Å². The zero-order valence-corrected chi connectivity index (χ0v) is 10.9. The molecule has 0 atom stereocenters. The van der Waals surface area contributed by atoms with Gasteiger partial charge in [-0.15, -0.1) is 10.2 Å². The summed E-state index contributed by atoms with van der Waals surface area (Å²) in [4.78, 5) is 2.51. The lowest BCUT2D eigenvalue weighted by molar-refractivity contribution is 0.0880. The molecule has 5 nitrogen and oxygen atoms in total. The monoisotopic (exact) mass is 238 g/mol. The molecule has 0 aromatic carbocycles. The zero-order valence-electron chi connectivity index (χ0n) is 10.9. The van der Waals surface area contributed by atoms with E-state index in [2.05, 4.69) is 35.9 Å². The lowest BCUT2D eigenvalue weighted by Gasteiger charge is -2.41. The number of likely N-dealkylation sites (tertiary alicyclic amines) is 1. The number of aliphatic hydroxyl groups is 1. The quantitative estimate of drug-likeness (QED) is 0.841. The van der Waals surface area contributed by atoms with E-state index in [1.165, 1.54) is 0 Å². The third-order valence-corrected chi connectivity index (χ3v) is 3.60. The fraction of sp³-hybridized carbons (Fsp3) is 0.833. The molecular weight excluding hydrogens is 216 g/mol. The minimum atomic E-state index is -0.0283. The summed E-state index contributed by atoms with van der Waals surface area (Å²) in [7, 11) is 0. The minimum absolute atomic E-state index is 0.0283. The Morgan fingerprint density at radius 2 is 2.00 bits per heavy atom. The van der Waals surface area contributed by atoms with E-state index in [1.807, 2.05) is 4.57 Å². The molecule has 1 aromatic heterocycles. The predicted molar refractivity (Wildman–Crippen MR) is 65.5 cm³/mol. The fourth-order valence-corrected chi connectivity index (χ4v) is 2.50. The third-order valence-electron chi connectivity index (χ3n) is 3.60. The van der Waals surface area contributed by atoms with Crippen molar-refractivity contribution in [3.05, 3.63) is 12.2 Å². The average Bonchev–Trinajstić information content (AvgIpc) is 2.76. The van der Waals surface area contributed by atoms with Gasteiger partial charge in [0.2, 0.25) is 0 Å². The van der Waals surface area contributed by atoms with Crippen LogP contribution >= 0.6 is 0 Å². The maximum absolute atomic E-state index is 9.19. The molecule has 5 heteroatoms. The summed E-state index contributed by atoms with van der Waals surface area (Å²) in [5.74, 6) is 0.680. The molecule has 0 unspecified atom stereocenters. The average molecular weight is 238 g/mol. The topological polar surface area (TPSA) is 54.2 Å². The molecule has 0 amide bonds. The molecule has 1 N–H and O–H groups in total. The van der Waals surface area contributed by atoms with E-state index >= 15 is 0 Å². The summed E-state index contributed by atoms with van der Waals surface area (Å²) in [6.07, 6.45) is 3.94. The van der Waals surface area contributed by atoms with Crippen LogP contribution in [0.4, 0.5) is 0 Å². The second kappa shape index (κ2) is 4.74. The summed E-state index contributed by atoms with van der Waals surface area (Å²) in [5.41, 5.74) is 0.248. The van der Waals surface area contributed by atoms with Crippen molar-refractivity contribution in [2.24, 2.45) is 0 Å². The molecule has 1 fully saturated rings. The Morgan fingerprint density at radius 1 is 1.35 bits per heavy atom. The molecule has 0 aliphatic carbocycles. The summed E-state index contributed by atoms with van der Waals surface area (Å²) in [5, 5.41) is 17.0. The van der Waals surface area contributed by atoms with Crippen molar-refractivity contribution < 1.29 is 5.11 Å². The number of hydrogen-bond acceptors (Lipinski definition) is 4. The molecule has 0 radical (unpaired) electrons. The Morgan fingerprint density at radius 3 is 2.53 bits per heavy atom. The van der Waals surface area contributed by atoms with E-state index in [0.29, 0.717) is 11.9 Å². The van der Waals surface area contributed by atoms with E-state index in [9.17, 15) is 5.11 Å². The summed E-state index contributed by atoms with van der Waals surface area (Å²) < 4.78 is 2.03. The van der Waals surface area contributed by atoms with Gasteiger partial charge in [-0.2, -0.15) is 0 Å². The van der Waals surface area contributed by atoms with Crippen molar-refractivity contribution in [3.8, 4) is 0 Å². The second-order valence-electron chi connectivity index (χ2n) is 5.70. The van der Waals surface area contributed by atoms with Crippen LogP contribution in [-0.4, -0.2) is 43.4 Å². The number of aromatic nitrogens is 3. The van der Waals surface area contributed by atoms with Crippen molar-refractivity contribution in [2.75, 3.05) is 13.1 Å². The Hall–Kier alpha value is -0.940. The van der Waals surface area contributed by atoms with Gasteiger partial charge in [-0.05, 0) is 33.6 Å². The van der Waals surface area contributed by atoms with Crippen LogP contribution in [0, 0.1) is 0 Å². The summed E-state index contributed by atoms with van der Waals surface area (Å²) in [6.45, 7) is 8.93. The first-order chi connectivity index (χ1) is 8.02. The lowest BCUT2D eigenvalue weighted by atomic mass is 9.98. The van der Waals surface area contributed by atoms with Crippen LogP contribution in [0.1, 0.15) is 45.5 Å². The van der Waals surface area contributed by atoms with Gasteiger partial charge < -0.3 is 9.67 Å². The van der Waals surface area contributed by atoms with Crippen molar-refractivity contribution in [1.29, 1.82) is 0 Å². The van der Waals surface area contributed by atoms with Crippen molar-refractivity contribution in [2.45, 2.75) is 51.8 Å².